The molecule has 0 radical (unpaired) electrons. The average Bonchev–Trinajstić information content (AvgIpc) is 3.25. The number of piperazine rings is 1. The van der Waals surface area contributed by atoms with Crippen LogP contribution in [0, 0.1) is 0 Å². The van der Waals surface area contributed by atoms with Crippen LogP contribution in [0.25, 0.3) is 0 Å². The van der Waals surface area contributed by atoms with Crippen LogP contribution in [0.4, 0.5) is 5.95 Å². The number of nitrogens with zero attached hydrogens (tertiary/aromatic N) is 4. The Bertz CT molecular complexity index is 1050. The SMILES string of the molecule is CC(C)(C)[Si](O[C@@H]1C[C@H]2CN(c3ncc(O)cn3)CCN2C1)(c1ccccc1)c1ccccc1. The number of aromatic hydroxyl groups is 1. The summed E-state index contributed by atoms with van der Waals surface area (Å²) < 4.78 is 7.40. The Morgan fingerprint density at radius 1 is 0.882 bits per heavy atom. The molecule has 1 N–H and O–H groups in total. The van der Waals surface area contributed by atoms with E-state index in [4.69, 9.17) is 4.43 Å². The molecule has 2 saturated heterocycles. The molecule has 3 aromatic rings. The molecule has 34 heavy (non-hydrogen) atoms. The third-order valence-electron chi connectivity index (χ3n) is 7.25. The molecule has 2 atom stereocenters. The Morgan fingerprint density at radius 3 is 2.03 bits per heavy atom. The zero-order chi connectivity index (χ0) is 23.8. The Morgan fingerprint density at radius 2 is 1.47 bits per heavy atom. The summed E-state index contributed by atoms with van der Waals surface area (Å²) in [5.74, 6) is 0.788. The van der Waals surface area contributed by atoms with Crippen LogP contribution in [0.5, 0.6) is 5.75 Å². The summed E-state index contributed by atoms with van der Waals surface area (Å²) in [5, 5.41) is 12.2. The average molecular weight is 475 g/mol. The van der Waals surface area contributed by atoms with Crippen molar-refractivity contribution in [1.29, 1.82) is 0 Å². The Hall–Kier alpha value is -2.74. The van der Waals surface area contributed by atoms with Crippen molar-refractivity contribution in [3.05, 3.63) is 73.1 Å². The van der Waals surface area contributed by atoms with Gasteiger partial charge in [-0.3, -0.25) is 4.90 Å². The second-order valence-electron chi connectivity index (χ2n) is 10.5. The highest BCUT2D eigenvalue weighted by molar-refractivity contribution is 6.99. The maximum absolute atomic E-state index is 9.54. The number of benzene rings is 2. The maximum atomic E-state index is 9.54. The number of hydrogen-bond donors (Lipinski definition) is 1. The lowest BCUT2D eigenvalue weighted by atomic mass is 10.1. The van der Waals surface area contributed by atoms with E-state index in [-0.39, 0.29) is 16.9 Å². The van der Waals surface area contributed by atoms with Crippen molar-refractivity contribution in [2.45, 2.75) is 44.4 Å². The van der Waals surface area contributed by atoms with Crippen LogP contribution in [0.3, 0.4) is 0 Å². The highest BCUT2D eigenvalue weighted by Gasteiger charge is 2.53. The molecule has 0 aliphatic carbocycles. The van der Waals surface area contributed by atoms with E-state index in [0.717, 1.165) is 32.6 Å². The minimum absolute atomic E-state index is 0.0231. The lowest BCUT2D eigenvalue weighted by molar-refractivity contribution is 0.182. The number of aromatic nitrogens is 2. The van der Waals surface area contributed by atoms with Gasteiger partial charge >= 0.3 is 0 Å². The fourth-order valence-electron chi connectivity index (χ4n) is 5.68. The molecule has 2 fully saturated rings. The predicted octanol–water partition coefficient (Wildman–Crippen LogP) is 3.02. The van der Waals surface area contributed by atoms with Crippen molar-refractivity contribution < 1.29 is 9.53 Å². The zero-order valence-corrected chi connectivity index (χ0v) is 21.3. The molecule has 7 heteroatoms. The molecule has 0 bridgehead atoms. The van der Waals surface area contributed by atoms with E-state index >= 15 is 0 Å². The lowest BCUT2D eigenvalue weighted by Gasteiger charge is -2.44. The number of fused-ring (bicyclic) bond motifs is 1. The first-order chi connectivity index (χ1) is 16.4. The summed E-state index contributed by atoms with van der Waals surface area (Å²) in [6, 6.07) is 22.2. The number of anilines is 1. The second-order valence-corrected chi connectivity index (χ2v) is 14.7. The van der Waals surface area contributed by atoms with Crippen molar-refractivity contribution in [1.82, 2.24) is 14.9 Å². The number of rotatable bonds is 5. The van der Waals surface area contributed by atoms with Crippen molar-refractivity contribution in [2.75, 3.05) is 31.1 Å². The highest BCUT2D eigenvalue weighted by atomic mass is 28.4. The Balaban J connectivity index is 1.42. The molecule has 3 heterocycles. The van der Waals surface area contributed by atoms with Gasteiger partial charge in [-0.05, 0) is 21.8 Å². The minimum atomic E-state index is -2.56. The molecule has 5 rings (SSSR count). The highest BCUT2D eigenvalue weighted by Crippen LogP contribution is 2.39. The van der Waals surface area contributed by atoms with Gasteiger partial charge in [-0.1, -0.05) is 81.4 Å². The van der Waals surface area contributed by atoms with Gasteiger partial charge in [-0.2, -0.15) is 0 Å². The normalized spacial score (nSPS) is 21.4. The van der Waals surface area contributed by atoms with Crippen molar-refractivity contribution in [2.24, 2.45) is 0 Å². The molecule has 0 saturated carbocycles. The summed E-state index contributed by atoms with van der Waals surface area (Å²) in [7, 11) is -2.56. The van der Waals surface area contributed by atoms with Crippen LogP contribution in [0.2, 0.25) is 5.04 Å². The molecule has 1 aromatic heterocycles. The van der Waals surface area contributed by atoms with Gasteiger partial charge in [0.25, 0.3) is 8.32 Å². The van der Waals surface area contributed by atoms with E-state index in [2.05, 4.69) is 101 Å². The molecule has 2 aliphatic rings. The fourth-order valence-corrected chi connectivity index (χ4v) is 10.4. The van der Waals surface area contributed by atoms with Gasteiger partial charge in [0.05, 0.1) is 18.5 Å². The molecular formula is C27H34N4O2Si. The van der Waals surface area contributed by atoms with E-state index in [1.54, 1.807) is 0 Å². The van der Waals surface area contributed by atoms with Crippen LogP contribution >= 0.6 is 0 Å². The topological polar surface area (TPSA) is 61.7 Å². The van der Waals surface area contributed by atoms with E-state index in [9.17, 15) is 5.11 Å². The lowest BCUT2D eigenvalue weighted by Crippen LogP contribution is -2.67. The summed E-state index contributed by atoms with van der Waals surface area (Å²) in [5.41, 5.74) is 0. The summed E-state index contributed by atoms with van der Waals surface area (Å²) in [6.07, 6.45) is 4.12. The summed E-state index contributed by atoms with van der Waals surface area (Å²) in [6.45, 7) is 10.7. The Kier molecular flexibility index (Phi) is 6.18. The van der Waals surface area contributed by atoms with Gasteiger partial charge < -0.3 is 14.4 Å². The van der Waals surface area contributed by atoms with Crippen molar-refractivity contribution >= 4 is 24.6 Å². The molecule has 6 nitrogen and oxygen atoms in total. The molecule has 178 valence electrons. The van der Waals surface area contributed by atoms with Gasteiger partial charge in [0, 0.05) is 32.2 Å². The largest absolute Gasteiger partial charge is 0.505 e. The van der Waals surface area contributed by atoms with Crippen molar-refractivity contribution in [3.63, 3.8) is 0 Å². The van der Waals surface area contributed by atoms with Gasteiger partial charge in [-0.15, -0.1) is 0 Å². The third-order valence-corrected chi connectivity index (χ3v) is 12.3. The molecule has 2 aliphatic heterocycles. The quantitative estimate of drug-likeness (QED) is 0.574. The molecule has 0 amide bonds. The standard InChI is InChI=1S/C27H34N4O2Si/c1-27(2,3)34(24-10-6-4-7-11-24,25-12-8-5-9-13-25)33-23-16-21-19-31(15-14-30(21)20-23)26-28-17-22(32)18-29-26/h4-13,17-18,21,23,32H,14-16,19-20H2,1-3H3/t21-,23+/m0/s1. The van der Waals surface area contributed by atoms with E-state index < -0.39 is 8.32 Å². The first kappa shape index (κ1) is 23.0. The minimum Gasteiger partial charge on any atom is -0.505 e. The van der Waals surface area contributed by atoms with Gasteiger partial charge in [0.1, 0.15) is 0 Å². The van der Waals surface area contributed by atoms with E-state index in [1.165, 1.54) is 22.8 Å². The smallest absolute Gasteiger partial charge is 0.261 e. The van der Waals surface area contributed by atoms with E-state index in [0.29, 0.717) is 12.0 Å². The van der Waals surface area contributed by atoms with Gasteiger partial charge in [-0.25, -0.2) is 9.97 Å². The summed E-state index contributed by atoms with van der Waals surface area (Å²) in [4.78, 5) is 13.5. The zero-order valence-electron chi connectivity index (χ0n) is 20.3. The van der Waals surface area contributed by atoms with Crippen LogP contribution in [-0.2, 0) is 4.43 Å². The fraction of sp³-hybridized carbons (Fsp3) is 0.407. The van der Waals surface area contributed by atoms with E-state index in [1.807, 2.05) is 0 Å². The predicted molar refractivity (Wildman–Crippen MR) is 138 cm³/mol. The maximum Gasteiger partial charge on any atom is 0.261 e. The van der Waals surface area contributed by atoms with Crippen LogP contribution in [0.1, 0.15) is 27.2 Å². The van der Waals surface area contributed by atoms with Gasteiger partial charge in [0.15, 0.2) is 5.75 Å². The molecular weight excluding hydrogens is 440 g/mol. The van der Waals surface area contributed by atoms with Gasteiger partial charge in [0.2, 0.25) is 5.95 Å². The first-order valence-corrected chi connectivity index (χ1v) is 14.1. The summed E-state index contributed by atoms with van der Waals surface area (Å²) >= 11 is 0. The number of hydrogen-bond acceptors (Lipinski definition) is 6. The van der Waals surface area contributed by atoms with Crippen LogP contribution < -0.4 is 15.3 Å². The molecule has 2 aromatic carbocycles. The second kappa shape index (κ2) is 9.13. The first-order valence-electron chi connectivity index (χ1n) is 12.2. The van der Waals surface area contributed by atoms with Crippen LogP contribution in [0.15, 0.2) is 73.1 Å². The third kappa shape index (κ3) is 4.24. The van der Waals surface area contributed by atoms with Crippen molar-refractivity contribution in [3.8, 4) is 5.75 Å². The Labute approximate surface area is 203 Å². The molecule has 0 unspecified atom stereocenters. The van der Waals surface area contributed by atoms with Crippen LogP contribution in [-0.4, -0.2) is 66.6 Å². The monoisotopic (exact) mass is 474 g/mol. The molecule has 0 spiro atoms.